The molecule has 1 amide bonds. The molecule has 2 heterocycles. The minimum absolute atomic E-state index is 0.195. The molecule has 0 radical (unpaired) electrons. The van der Waals surface area contributed by atoms with E-state index < -0.39 is 0 Å². The van der Waals surface area contributed by atoms with Gasteiger partial charge in [-0.05, 0) is 37.3 Å². The van der Waals surface area contributed by atoms with Gasteiger partial charge in [-0.3, -0.25) is 4.79 Å². The first kappa shape index (κ1) is 13.2. The lowest BCUT2D eigenvalue weighted by molar-refractivity contribution is -0.117. The van der Waals surface area contributed by atoms with Crippen LogP contribution in [0.5, 0.6) is 0 Å². The van der Waals surface area contributed by atoms with Crippen molar-refractivity contribution < 1.29 is 13.6 Å². The minimum atomic E-state index is -0.203. The zero-order valence-corrected chi connectivity index (χ0v) is 11.6. The first-order valence-electron chi connectivity index (χ1n) is 6.73. The van der Waals surface area contributed by atoms with Gasteiger partial charge in [-0.15, -0.1) is 0 Å². The van der Waals surface area contributed by atoms with Crippen molar-refractivity contribution in [3.8, 4) is 0 Å². The molecule has 0 aliphatic heterocycles. The molecule has 0 saturated carbocycles. The van der Waals surface area contributed by atoms with Gasteiger partial charge in [-0.2, -0.15) is 0 Å². The van der Waals surface area contributed by atoms with Gasteiger partial charge in [0.2, 0.25) is 5.91 Å². The topological polar surface area (TPSA) is 55.4 Å². The Morgan fingerprint density at radius 1 is 1.24 bits per heavy atom. The number of furan rings is 2. The summed E-state index contributed by atoms with van der Waals surface area (Å²) in [4.78, 5) is 11.9. The number of benzene rings is 1. The number of carbonyl (C=O) groups excluding carboxylic acids is 1. The summed E-state index contributed by atoms with van der Waals surface area (Å²) in [5, 5.41) is 3.89. The Morgan fingerprint density at radius 2 is 2.10 bits per heavy atom. The van der Waals surface area contributed by atoms with Crippen molar-refractivity contribution in [1.82, 2.24) is 5.32 Å². The highest BCUT2D eigenvalue weighted by Crippen LogP contribution is 2.23. The van der Waals surface area contributed by atoms with E-state index in [1.165, 1.54) is 6.08 Å². The normalized spacial score (nSPS) is 12.8. The van der Waals surface area contributed by atoms with E-state index in [1.54, 1.807) is 24.5 Å². The van der Waals surface area contributed by atoms with E-state index in [9.17, 15) is 4.79 Å². The number of fused-ring (bicyclic) bond motifs is 1. The summed E-state index contributed by atoms with van der Waals surface area (Å²) in [6, 6.07) is 13.1. The zero-order chi connectivity index (χ0) is 14.7. The Morgan fingerprint density at radius 3 is 2.86 bits per heavy atom. The average molecular weight is 281 g/mol. The summed E-state index contributed by atoms with van der Waals surface area (Å²) < 4.78 is 10.9. The van der Waals surface area contributed by atoms with Gasteiger partial charge in [0.25, 0.3) is 0 Å². The third kappa shape index (κ3) is 3.05. The molecule has 4 nitrogen and oxygen atoms in total. The molecular formula is C17H15NO3. The zero-order valence-electron chi connectivity index (χ0n) is 11.6. The van der Waals surface area contributed by atoms with Crippen LogP contribution in [0.2, 0.25) is 0 Å². The summed E-state index contributed by atoms with van der Waals surface area (Å²) in [6.07, 6.45) is 4.63. The van der Waals surface area contributed by atoms with Crippen molar-refractivity contribution in [1.29, 1.82) is 0 Å². The molecule has 3 aromatic rings. The first-order valence-corrected chi connectivity index (χ1v) is 6.73. The van der Waals surface area contributed by atoms with Gasteiger partial charge in [0.15, 0.2) is 0 Å². The highest BCUT2D eigenvalue weighted by molar-refractivity contribution is 5.91. The second kappa shape index (κ2) is 5.71. The van der Waals surface area contributed by atoms with Crippen LogP contribution in [0.15, 0.2) is 63.6 Å². The van der Waals surface area contributed by atoms with Crippen molar-refractivity contribution in [3.63, 3.8) is 0 Å². The summed E-state index contributed by atoms with van der Waals surface area (Å²) in [6.45, 7) is 1.89. The number of carbonyl (C=O) groups is 1. The van der Waals surface area contributed by atoms with Crippen molar-refractivity contribution in [2.45, 2.75) is 13.0 Å². The van der Waals surface area contributed by atoms with Crippen LogP contribution in [0.25, 0.3) is 17.0 Å². The molecule has 1 unspecified atom stereocenters. The molecule has 2 aromatic heterocycles. The van der Waals surface area contributed by atoms with E-state index in [0.29, 0.717) is 5.76 Å². The Hall–Kier alpha value is -2.75. The smallest absolute Gasteiger partial charge is 0.244 e. The maximum absolute atomic E-state index is 11.9. The summed E-state index contributed by atoms with van der Waals surface area (Å²) in [5.41, 5.74) is 0.819. The van der Waals surface area contributed by atoms with Crippen molar-refractivity contribution in [2.75, 3.05) is 0 Å². The monoisotopic (exact) mass is 281 g/mol. The number of hydrogen-bond acceptors (Lipinski definition) is 3. The van der Waals surface area contributed by atoms with Gasteiger partial charge in [-0.25, -0.2) is 0 Å². The Kier molecular flexibility index (Phi) is 3.60. The largest absolute Gasteiger partial charge is 0.465 e. The third-order valence-corrected chi connectivity index (χ3v) is 3.17. The van der Waals surface area contributed by atoms with Crippen LogP contribution >= 0.6 is 0 Å². The standard InChI is InChI=1S/C17H15NO3/c1-12(16-11-13-5-2-3-7-15(13)21-16)18-17(19)9-8-14-6-4-10-20-14/h2-12H,1H3,(H,18,19). The number of hydrogen-bond donors (Lipinski definition) is 1. The molecule has 0 fully saturated rings. The Bertz CT molecular complexity index is 735. The van der Waals surface area contributed by atoms with Gasteiger partial charge in [0.05, 0.1) is 12.3 Å². The van der Waals surface area contributed by atoms with Crippen molar-refractivity contribution >= 4 is 23.0 Å². The number of para-hydroxylation sites is 1. The lowest BCUT2D eigenvalue weighted by atomic mass is 10.2. The lowest BCUT2D eigenvalue weighted by Crippen LogP contribution is -2.24. The molecule has 1 atom stereocenters. The summed E-state index contributed by atoms with van der Waals surface area (Å²) in [7, 11) is 0. The average Bonchev–Trinajstić information content (AvgIpc) is 3.14. The molecule has 0 aliphatic rings. The molecule has 4 heteroatoms. The maximum atomic E-state index is 11.9. The van der Waals surface area contributed by atoms with E-state index in [4.69, 9.17) is 8.83 Å². The van der Waals surface area contributed by atoms with Crippen LogP contribution in [-0.2, 0) is 4.79 Å². The molecule has 3 rings (SSSR count). The predicted molar refractivity (Wildman–Crippen MR) is 80.5 cm³/mol. The van der Waals surface area contributed by atoms with E-state index in [-0.39, 0.29) is 11.9 Å². The van der Waals surface area contributed by atoms with Crippen LogP contribution < -0.4 is 5.32 Å². The van der Waals surface area contributed by atoms with Crippen LogP contribution in [0, 0.1) is 0 Å². The van der Waals surface area contributed by atoms with Gasteiger partial charge in [0.1, 0.15) is 17.1 Å². The molecule has 0 aliphatic carbocycles. The van der Waals surface area contributed by atoms with Crippen LogP contribution in [0.1, 0.15) is 24.5 Å². The number of amides is 1. The van der Waals surface area contributed by atoms with Crippen molar-refractivity contribution in [2.24, 2.45) is 0 Å². The molecule has 1 aromatic carbocycles. The second-order valence-corrected chi connectivity index (χ2v) is 4.77. The Labute approximate surface area is 122 Å². The van der Waals surface area contributed by atoms with E-state index in [0.717, 1.165) is 16.7 Å². The summed E-state index contributed by atoms with van der Waals surface area (Å²) >= 11 is 0. The highest BCUT2D eigenvalue weighted by atomic mass is 16.3. The summed E-state index contributed by atoms with van der Waals surface area (Å²) in [5.74, 6) is 1.18. The third-order valence-electron chi connectivity index (χ3n) is 3.17. The molecule has 0 spiro atoms. The fourth-order valence-corrected chi connectivity index (χ4v) is 2.09. The van der Waals surface area contributed by atoms with Crippen LogP contribution in [-0.4, -0.2) is 5.91 Å². The molecule has 106 valence electrons. The molecular weight excluding hydrogens is 266 g/mol. The maximum Gasteiger partial charge on any atom is 0.244 e. The predicted octanol–water partition coefficient (Wildman–Crippen LogP) is 3.92. The molecule has 21 heavy (non-hydrogen) atoms. The molecule has 1 N–H and O–H groups in total. The van der Waals surface area contributed by atoms with E-state index in [1.807, 2.05) is 37.3 Å². The van der Waals surface area contributed by atoms with Crippen LogP contribution in [0.4, 0.5) is 0 Å². The fourth-order valence-electron chi connectivity index (χ4n) is 2.09. The van der Waals surface area contributed by atoms with Gasteiger partial charge in [0, 0.05) is 11.5 Å². The van der Waals surface area contributed by atoms with Gasteiger partial charge >= 0.3 is 0 Å². The quantitative estimate of drug-likeness (QED) is 0.737. The van der Waals surface area contributed by atoms with Crippen LogP contribution in [0.3, 0.4) is 0 Å². The van der Waals surface area contributed by atoms with E-state index in [2.05, 4.69) is 5.32 Å². The minimum Gasteiger partial charge on any atom is -0.465 e. The van der Waals surface area contributed by atoms with Crippen molar-refractivity contribution in [3.05, 3.63) is 66.3 Å². The van der Waals surface area contributed by atoms with Gasteiger partial charge in [-0.1, -0.05) is 18.2 Å². The van der Waals surface area contributed by atoms with E-state index >= 15 is 0 Å². The lowest BCUT2D eigenvalue weighted by Gasteiger charge is -2.08. The number of rotatable bonds is 4. The molecule has 0 bridgehead atoms. The number of nitrogens with one attached hydrogen (secondary N) is 1. The van der Waals surface area contributed by atoms with Gasteiger partial charge < -0.3 is 14.2 Å². The fraction of sp³-hybridized carbons (Fsp3) is 0.118. The second-order valence-electron chi connectivity index (χ2n) is 4.77. The first-order chi connectivity index (χ1) is 10.2. The highest BCUT2D eigenvalue weighted by Gasteiger charge is 2.12. The SMILES string of the molecule is CC(NC(=O)C=Cc1ccco1)c1cc2ccccc2o1. The molecule has 0 saturated heterocycles. The Balaban J connectivity index is 1.67.